The highest BCUT2D eigenvalue weighted by molar-refractivity contribution is 7.99. The summed E-state index contributed by atoms with van der Waals surface area (Å²) in [6, 6.07) is 15.1. The van der Waals surface area contributed by atoms with E-state index in [-0.39, 0.29) is 11.7 Å². The van der Waals surface area contributed by atoms with Crippen LogP contribution < -0.4 is 10.1 Å². The summed E-state index contributed by atoms with van der Waals surface area (Å²) in [6.45, 7) is 4.15. The van der Waals surface area contributed by atoms with Crippen LogP contribution in [-0.4, -0.2) is 29.0 Å². The monoisotopic (exact) mass is 413 g/mol. The van der Waals surface area contributed by atoms with Crippen molar-refractivity contribution >= 4 is 35.0 Å². The van der Waals surface area contributed by atoms with Crippen LogP contribution in [0.1, 0.15) is 11.1 Å². The van der Waals surface area contributed by atoms with Crippen molar-refractivity contribution in [3.05, 3.63) is 64.7 Å². The van der Waals surface area contributed by atoms with Crippen LogP contribution in [0.3, 0.4) is 0 Å². The van der Waals surface area contributed by atoms with E-state index in [1.807, 2.05) is 18.2 Å². The summed E-state index contributed by atoms with van der Waals surface area (Å²) in [5.74, 6) is 0.582. The molecule has 0 saturated carbocycles. The van der Waals surface area contributed by atoms with Gasteiger partial charge < -0.3 is 10.1 Å². The van der Waals surface area contributed by atoms with Gasteiger partial charge in [-0.15, -0.1) is 10.2 Å². The molecule has 3 rings (SSSR count). The molecule has 0 spiro atoms. The number of thioether (sulfide) groups is 1. The van der Waals surface area contributed by atoms with Gasteiger partial charge in [0.15, 0.2) is 0 Å². The largest absolute Gasteiger partial charge is 0.495 e. The topological polar surface area (TPSA) is 64.1 Å². The van der Waals surface area contributed by atoms with E-state index < -0.39 is 0 Å². The van der Waals surface area contributed by atoms with Crippen molar-refractivity contribution in [1.82, 2.24) is 10.2 Å². The number of carbonyl (C=O) groups is 1. The van der Waals surface area contributed by atoms with Gasteiger partial charge in [-0.05, 0) is 61.4 Å². The number of aryl methyl sites for hydroxylation is 2. The SMILES string of the molecule is COc1ccc(Cl)cc1NC(=O)CSc1ccc(-c2ccc(C)c(C)c2)nn1. The van der Waals surface area contributed by atoms with E-state index in [4.69, 9.17) is 16.3 Å². The number of nitrogens with zero attached hydrogens (tertiary/aromatic N) is 2. The maximum Gasteiger partial charge on any atom is 0.234 e. The number of halogens is 1. The fraction of sp³-hybridized carbons (Fsp3) is 0.190. The lowest BCUT2D eigenvalue weighted by atomic mass is 10.0. The molecule has 0 unspecified atom stereocenters. The summed E-state index contributed by atoms with van der Waals surface area (Å²) in [5, 5.41) is 12.5. The Balaban J connectivity index is 1.61. The van der Waals surface area contributed by atoms with Gasteiger partial charge in [0, 0.05) is 10.6 Å². The zero-order chi connectivity index (χ0) is 20.1. The molecule has 0 aliphatic heterocycles. The van der Waals surface area contributed by atoms with Crippen LogP contribution in [0, 0.1) is 13.8 Å². The van der Waals surface area contributed by atoms with E-state index in [2.05, 4.69) is 41.5 Å². The molecule has 0 aliphatic rings. The molecule has 7 heteroatoms. The third-order valence-corrected chi connectivity index (χ3v) is 5.38. The quantitative estimate of drug-likeness (QED) is 0.566. The first-order valence-electron chi connectivity index (χ1n) is 8.64. The first-order valence-corrected chi connectivity index (χ1v) is 10.00. The number of hydrogen-bond acceptors (Lipinski definition) is 5. The molecule has 1 amide bonds. The van der Waals surface area contributed by atoms with Crippen LogP contribution in [0.15, 0.2) is 53.6 Å². The molecule has 0 bridgehead atoms. The van der Waals surface area contributed by atoms with Gasteiger partial charge in [0.25, 0.3) is 0 Å². The minimum atomic E-state index is -0.175. The Morgan fingerprint density at radius 3 is 2.57 bits per heavy atom. The molecule has 3 aromatic rings. The number of rotatable bonds is 6. The van der Waals surface area contributed by atoms with Crippen LogP contribution in [0.4, 0.5) is 5.69 Å². The van der Waals surface area contributed by atoms with Gasteiger partial charge >= 0.3 is 0 Å². The van der Waals surface area contributed by atoms with Gasteiger partial charge in [0.05, 0.1) is 24.2 Å². The standard InChI is InChI=1S/C21H20ClN3O2S/c1-13-4-5-15(10-14(13)2)17-7-9-21(25-24-17)28-12-20(26)23-18-11-16(22)6-8-19(18)27-3/h4-11H,12H2,1-3H3,(H,23,26). The third-order valence-electron chi connectivity index (χ3n) is 4.23. The van der Waals surface area contributed by atoms with Gasteiger partial charge in [0.1, 0.15) is 10.8 Å². The molecule has 0 radical (unpaired) electrons. The van der Waals surface area contributed by atoms with E-state index in [0.29, 0.717) is 21.5 Å². The predicted molar refractivity (Wildman–Crippen MR) is 114 cm³/mol. The first kappa shape index (κ1) is 20.2. The van der Waals surface area contributed by atoms with Crippen molar-refractivity contribution in [2.75, 3.05) is 18.2 Å². The molecule has 0 atom stereocenters. The van der Waals surface area contributed by atoms with Crippen molar-refractivity contribution < 1.29 is 9.53 Å². The van der Waals surface area contributed by atoms with Gasteiger partial charge in [-0.25, -0.2) is 0 Å². The van der Waals surface area contributed by atoms with Crippen LogP contribution in [-0.2, 0) is 4.79 Å². The van der Waals surface area contributed by atoms with Crippen LogP contribution in [0.25, 0.3) is 11.3 Å². The molecule has 2 aromatic carbocycles. The average molecular weight is 414 g/mol. The van der Waals surface area contributed by atoms with E-state index >= 15 is 0 Å². The molecule has 1 aromatic heterocycles. The lowest BCUT2D eigenvalue weighted by molar-refractivity contribution is -0.113. The number of aromatic nitrogens is 2. The van der Waals surface area contributed by atoms with Crippen molar-refractivity contribution in [2.24, 2.45) is 0 Å². The molecular weight excluding hydrogens is 394 g/mol. The zero-order valence-corrected chi connectivity index (χ0v) is 17.4. The molecule has 0 aliphatic carbocycles. The number of hydrogen-bond donors (Lipinski definition) is 1. The lowest BCUT2D eigenvalue weighted by Gasteiger charge is -2.10. The number of carbonyl (C=O) groups excluding carboxylic acids is 1. The summed E-state index contributed by atoms with van der Waals surface area (Å²) < 4.78 is 5.23. The zero-order valence-electron chi connectivity index (χ0n) is 15.8. The first-order chi connectivity index (χ1) is 13.5. The Hall–Kier alpha value is -2.57. The minimum absolute atomic E-state index is 0.175. The maximum atomic E-state index is 12.2. The Kier molecular flexibility index (Phi) is 6.54. The highest BCUT2D eigenvalue weighted by atomic mass is 35.5. The van der Waals surface area contributed by atoms with E-state index in [1.165, 1.54) is 22.9 Å². The Morgan fingerprint density at radius 1 is 1.07 bits per heavy atom. The van der Waals surface area contributed by atoms with Gasteiger partial charge in [-0.3, -0.25) is 4.79 Å². The van der Waals surface area contributed by atoms with Crippen LogP contribution in [0.2, 0.25) is 5.02 Å². The van der Waals surface area contributed by atoms with Crippen molar-refractivity contribution in [3.8, 4) is 17.0 Å². The van der Waals surface area contributed by atoms with Crippen molar-refractivity contribution in [3.63, 3.8) is 0 Å². The van der Waals surface area contributed by atoms with Gasteiger partial charge in [0.2, 0.25) is 5.91 Å². The summed E-state index contributed by atoms with van der Waals surface area (Å²) in [7, 11) is 1.54. The Morgan fingerprint density at radius 2 is 1.89 bits per heavy atom. The number of ether oxygens (including phenoxy) is 1. The van der Waals surface area contributed by atoms with E-state index in [9.17, 15) is 4.79 Å². The molecular formula is C21H20ClN3O2S. The number of amides is 1. The maximum absolute atomic E-state index is 12.2. The van der Waals surface area contributed by atoms with Crippen LogP contribution >= 0.6 is 23.4 Å². The molecule has 0 fully saturated rings. The summed E-state index contributed by atoms with van der Waals surface area (Å²) in [6.07, 6.45) is 0. The highest BCUT2D eigenvalue weighted by Crippen LogP contribution is 2.28. The van der Waals surface area contributed by atoms with Crippen LogP contribution in [0.5, 0.6) is 5.75 Å². The predicted octanol–water partition coefficient (Wildman–Crippen LogP) is 5.15. The second kappa shape index (κ2) is 9.08. The normalized spacial score (nSPS) is 10.6. The van der Waals surface area contributed by atoms with Gasteiger partial charge in [-0.2, -0.15) is 0 Å². The summed E-state index contributed by atoms with van der Waals surface area (Å²) in [4.78, 5) is 12.2. The molecule has 5 nitrogen and oxygen atoms in total. The Labute approximate surface area is 173 Å². The number of benzene rings is 2. The highest BCUT2D eigenvalue weighted by Gasteiger charge is 2.10. The second-order valence-corrected chi connectivity index (χ2v) is 7.67. The van der Waals surface area contributed by atoms with E-state index in [0.717, 1.165) is 11.3 Å². The Bertz CT molecular complexity index is 993. The van der Waals surface area contributed by atoms with Crippen molar-refractivity contribution in [2.45, 2.75) is 18.9 Å². The molecule has 28 heavy (non-hydrogen) atoms. The van der Waals surface area contributed by atoms with Gasteiger partial charge in [-0.1, -0.05) is 35.5 Å². The molecule has 0 saturated heterocycles. The fourth-order valence-corrected chi connectivity index (χ4v) is 3.34. The smallest absolute Gasteiger partial charge is 0.234 e. The summed E-state index contributed by atoms with van der Waals surface area (Å²) in [5.41, 5.74) is 4.83. The lowest BCUT2D eigenvalue weighted by Crippen LogP contribution is -2.14. The number of nitrogens with one attached hydrogen (secondary N) is 1. The summed E-state index contributed by atoms with van der Waals surface area (Å²) >= 11 is 7.30. The minimum Gasteiger partial charge on any atom is -0.495 e. The molecule has 144 valence electrons. The third kappa shape index (κ3) is 5.03. The van der Waals surface area contributed by atoms with E-state index in [1.54, 1.807) is 25.3 Å². The molecule has 1 heterocycles. The second-order valence-electron chi connectivity index (χ2n) is 6.24. The van der Waals surface area contributed by atoms with Crippen molar-refractivity contribution in [1.29, 1.82) is 0 Å². The number of methoxy groups -OCH3 is 1. The fourth-order valence-electron chi connectivity index (χ4n) is 2.56. The molecule has 1 N–H and O–H groups in total. The number of anilines is 1. The average Bonchev–Trinajstić information content (AvgIpc) is 2.69.